The molecular weight excluding hydrogens is 168 g/mol. The Kier molecular flexibility index (Phi) is 1.68. The number of nitrogens with zero attached hydrogens (tertiary/aromatic N) is 2. The number of imidazole rings is 1. The van der Waals surface area contributed by atoms with Gasteiger partial charge in [0, 0.05) is 6.20 Å². The molecule has 0 saturated heterocycles. The summed E-state index contributed by atoms with van der Waals surface area (Å²) in [5, 5.41) is 0. The van der Waals surface area contributed by atoms with Gasteiger partial charge in [0.25, 0.3) is 0 Å². The maximum absolute atomic E-state index is 4.02. The molecular formula is C5H7BrN2. The van der Waals surface area contributed by atoms with Crippen LogP contribution >= 0.6 is 15.9 Å². The molecule has 3 heteroatoms. The zero-order valence-electron chi connectivity index (χ0n) is 4.63. The highest BCUT2D eigenvalue weighted by Crippen LogP contribution is 1.95. The van der Waals surface area contributed by atoms with Gasteiger partial charge in [-0.15, -0.1) is 0 Å². The fraction of sp³-hybridized carbons (Fsp3) is 0.400. The minimum absolute atomic E-state index is 0.827. The minimum atomic E-state index is 0.827. The van der Waals surface area contributed by atoms with E-state index in [0.717, 1.165) is 11.1 Å². The molecule has 0 amide bonds. The first-order valence-electron chi connectivity index (χ1n) is 2.37. The Morgan fingerprint density at radius 3 is 2.88 bits per heavy atom. The van der Waals surface area contributed by atoms with E-state index in [1.807, 2.05) is 17.7 Å². The van der Waals surface area contributed by atoms with Crippen LogP contribution in [0.2, 0.25) is 0 Å². The predicted octanol–water partition coefficient (Wildman–Crippen LogP) is 1.54. The SMILES string of the molecule is Cc1cn(CBr)cn1. The van der Waals surface area contributed by atoms with Crippen molar-refractivity contribution in [1.82, 2.24) is 9.55 Å². The van der Waals surface area contributed by atoms with Crippen molar-refractivity contribution in [3.05, 3.63) is 18.2 Å². The van der Waals surface area contributed by atoms with Crippen molar-refractivity contribution in [1.29, 1.82) is 0 Å². The molecule has 0 aliphatic rings. The standard InChI is InChI=1S/C5H7BrN2/c1-5-2-8(3-6)4-7-5/h2,4H,3H2,1H3. The summed E-state index contributed by atoms with van der Waals surface area (Å²) in [7, 11) is 0. The van der Waals surface area contributed by atoms with E-state index in [1.54, 1.807) is 6.33 Å². The number of alkyl halides is 1. The number of hydrogen-bond acceptors (Lipinski definition) is 1. The Bertz CT molecular complexity index is 171. The molecule has 2 nitrogen and oxygen atoms in total. The van der Waals surface area contributed by atoms with E-state index in [9.17, 15) is 0 Å². The van der Waals surface area contributed by atoms with E-state index in [4.69, 9.17) is 0 Å². The summed E-state index contributed by atoms with van der Waals surface area (Å²) in [6, 6.07) is 0. The maximum atomic E-state index is 4.02. The summed E-state index contributed by atoms with van der Waals surface area (Å²) in [4.78, 5) is 4.02. The van der Waals surface area contributed by atoms with Crippen LogP contribution in [0.25, 0.3) is 0 Å². The molecule has 0 fully saturated rings. The normalized spacial score (nSPS) is 9.75. The number of aromatic nitrogens is 2. The van der Waals surface area contributed by atoms with Gasteiger partial charge in [-0.25, -0.2) is 4.98 Å². The molecule has 0 spiro atoms. The molecule has 0 bridgehead atoms. The Balaban J connectivity index is 2.84. The van der Waals surface area contributed by atoms with E-state index in [-0.39, 0.29) is 0 Å². The van der Waals surface area contributed by atoms with E-state index in [1.165, 1.54) is 0 Å². The van der Waals surface area contributed by atoms with Crippen molar-refractivity contribution < 1.29 is 0 Å². The van der Waals surface area contributed by atoms with Gasteiger partial charge < -0.3 is 4.57 Å². The van der Waals surface area contributed by atoms with Gasteiger partial charge in [0.05, 0.1) is 17.5 Å². The quantitative estimate of drug-likeness (QED) is 0.592. The first kappa shape index (κ1) is 5.82. The molecule has 8 heavy (non-hydrogen) atoms. The van der Waals surface area contributed by atoms with E-state index >= 15 is 0 Å². The lowest BCUT2D eigenvalue weighted by molar-refractivity contribution is 0.901. The predicted molar refractivity (Wildman–Crippen MR) is 35.9 cm³/mol. The molecule has 0 atom stereocenters. The van der Waals surface area contributed by atoms with Crippen LogP contribution in [0.15, 0.2) is 12.5 Å². The van der Waals surface area contributed by atoms with Crippen molar-refractivity contribution in [2.75, 3.05) is 0 Å². The summed E-state index contributed by atoms with van der Waals surface area (Å²) in [5.41, 5.74) is 1.89. The molecule has 0 saturated carbocycles. The van der Waals surface area contributed by atoms with Crippen LogP contribution < -0.4 is 0 Å². The van der Waals surface area contributed by atoms with Crippen molar-refractivity contribution in [2.45, 2.75) is 12.4 Å². The summed E-state index contributed by atoms with van der Waals surface area (Å²) < 4.78 is 1.97. The largest absolute Gasteiger partial charge is 0.327 e. The monoisotopic (exact) mass is 174 g/mol. The lowest BCUT2D eigenvalue weighted by atomic mass is 10.6. The highest BCUT2D eigenvalue weighted by atomic mass is 79.9. The molecule has 0 unspecified atom stereocenters. The molecule has 0 radical (unpaired) electrons. The second kappa shape index (κ2) is 2.31. The lowest BCUT2D eigenvalue weighted by Gasteiger charge is -1.86. The molecule has 1 aromatic heterocycles. The van der Waals surface area contributed by atoms with Crippen LogP contribution in [-0.4, -0.2) is 9.55 Å². The molecule has 0 aromatic carbocycles. The Morgan fingerprint density at radius 2 is 2.62 bits per heavy atom. The number of halogens is 1. The van der Waals surface area contributed by atoms with Crippen LogP contribution in [0.1, 0.15) is 5.69 Å². The smallest absolute Gasteiger partial charge is 0.0956 e. The first-order valence-corrected chi connectivity index (χ1v) is 3.49. The van der Waals surface area contributed by atoms with Gasteiger partial charge in [-0.1, -0.05) is 15.9 Å². The number of aryl methyl sites for hydroxylation is 1. The zero-order chi connectivity index (χ0) is 5.98. The number of hydrogen-bond donors (Lipinski definition) is 0. The molecule has 1 aromatic rings. The zero-order valence-corrected chi connectivity index (χ0v) is 6.22. The number of rotatable bonds is 1. The average Bonchev–Trinajstić information content (AvgIpc) is 2.14. The molecule has 0 N–H and O–H groups in total. The van der Waals surface area contributed by atoms with E-state index in [2.05, 4.69) is 20.9 Å². The summed E-state index contributed by atoms with van der Waals surface area (Å²) in [5.74, 6) is 0. The third-order valence-electron chi connectivity index (χ3n) is 0.900. The van der Waals surface area contributed by atoms with Gasteiger partial charge in [-0.05, 0) is 6.92 Å². The summed E-state index contributed by atoms with van der Waals surface area (Å²) in [6.07, 6.45) is 3.78. The Morgan fingerprint density at radius 1 is 1.88 bits per heavy atom. The maximum Gasteiger partial charge on any atom is 0.0956 e. The van der Waals surface area contributed by atoms with E-state index in [0.29, 0.717) is 0 Å². The minimum Gasteiger partial charge on any atom is -0.327 e. The van der Waals surface area contributed by atoms with Gasteiger partial charge in [0.15, 0.2) is 0 Å². The molecule has 0 aliphatic heterocycles. The van der Waals surface area contributed by atoms with Gasteiger partial charge in [0.1, 0.15) is 0 Å². The topological polar surface area (TPSA) is 17.8 Å². The van der Waals surface area contributed by atoms with Gasteiger partial charge in [-0.3, -0.25) is 0 Å². The van der Waals surface area contributed by atoms with Crippen LogP contribution in [0, 0.1) is 6.92 Å². The van der Waals surface area contributed by atoms with Crippen molar-refractivity contribution >= 4 is 15.9 Å². The van der Waals surface area contributed by atoms with Gasteiger partial charge >= 0.3 is 0 Å². The van der Waals surface area contributed by atoms with E-state index < -0.39 is 0 Å². The van der Waals surface area contributed by atoms with Crippen LogP contribution in [-0.2, 0) is 5.45 Å². The molecule has 1 rings (SSSR count). The second-order valence-corrected chi connectivity index (χ2v) is 2.15. The highest BCUT2D eigenvalue weighted by Gasteiger charge is 1.86. The molecule has 1 heterocycles. The highest BCUT2D eigenvalue weighted by molar-refractivity contribution is 9.08. The summed E-state index contributed by atoms with van der Waals surface area (Å²) >= 11 is 3.29. The average molecular weight is 175 g/mol. The first-order chi connectivity index (χ1) is 3.83. The lowest BCUT2D eigenvalue weighted by Crippen LogP contribution is -1.83. The van der Waals surface area contributed by atoms with Crippen molar-refractivity contribution in [3.8, 4) is 0 Å². The third kappa shape index (κ3) is 1.10. The summed E-state index contributed by atoms with van der Waals surface area (Å²) in [6.45, 7) is 1.97. The van der Waals surface area contributed by atoms with Gasteiger partial charge in [-0.2, -0.15) is 0 Å². The second-order valence-electron chi connectivity index (χ2n) is 1.65. The van der Waals surface area contributed by atoms with Gasteiger partial charge in [0.2, 0.25) is 0 Å². The third-order valence-corrected chi connectivity index (χ3v) is 1.48. The molecule has 44 valence electrons. The van der Waals surface area contributed by atoms with Crippen LogP contribution in [0.5, 0.6) is 0 Å². The fourth-order valence-electron chi connectivity index (χ4n) is 0.537. The van der Waals surface area contributed by atoms with Crippen molar-refractivity contribution in [3.63, 3.8) is 0 Å². The molecule has 0 aliphatic carbocycles. The van der Waals surface area contributed by atoms with Crippen LogP contribution in [0.4, 0.5) is 0 Å². The van der Waals surface area contributed by atoms with Crippen LogP contribution in [0.3, 0.4) is 0 Å². The Hall–Kier alpha value is -0.310. The Labute approximate surface area is 56.7 Å². The fourth-order valence-corrected chi connectivity index (χ4v) is 0.812. The van der Waals surface area contributed by atoms with Crippen molar-refractivity contribution in [2.24, 2.45) is 0 Å².